The number of anilines is 1. The van der Waals surface area contributed by atoms with E-state index in [1.165, 1.54) is 0 Å². The molecule has 2 aromatic heterocycles. The zero-order valence-electron chi connectivity index (χ0n) is 9.88. The summed E-state index contributed by atoms with van der Waals surface area (Å²) in [5, 5.41) is 11.1. The molecule has 2 heterocycles. The summed E-state index contributed by atoms with van der Waals surface area (Å²) in [7, 11) is 0. The maximum Gasteiger partial charge on any atom is 0.303 e. The molecule has 0 unspecified atom stereocenters. The number of aryl methyl sites for hydroxylation is 1. The number of carboxylic acids is 1. The predicted octanol–water partition coefficient (Wildman–Crippen LogP) is 1.45. The van der Waals surface area contributed by atoms with E-state index in [2.05, 4.69) is 10.3 Å². The van der Waals surface area contributed by atoms with Crippen LogP contribution in [0.15, 0.2) is 24.5 Å². The van der Waals surface area contributed by atoms with Crippen LogP contribution in [-0.2, 0) is 9.59 Å². The van der Waals surface area contributed by atoms with Crippen molar-refractivity contribution in [2.24, 2.45) is 0 Å². The molecule has 94 valence electrons. The van der Waals surface area contributed by atoms with E-state index in [0.717, 1.165) is 11.3 Å². The maximum atomic E-state index is 11.5. The lowest BCUT2D eigenvalue weighted by molar-refractivity contribution is -0.138. The Kier molecular flexibility index (Phi) is 3.27. The third-order valence-corrected chi connectivity index (χ3v) is 2.42. The highest BCUT2D eigenvalue weighted by Gasteiger charge is 2.06. The molecule has 18 heavy (non-hydrogen) atoms. The number of rotatable bonds is 4. The van der Waals surface area contributed by atoms with Crippen LogP contribution in [0.3, 0.4) is 0 Å². The number of nitrogens with one attached hydrogen (secondary N) is 1. The summed E-state index contributed by atoms with van der Waals surface area (Å²) in [5.41, 5.74) is 2.32. The fourth-order valence-electron chi connectivity index (χ4n) is 1.64. The molecule has 2 N–H and O–H groups in total. The topological polar surface area (TPSA) is 83.7 Å². The molecule has 0 spiro atoms. The number of pyridine rings is 1. The molecule has 6 heteroatoms. The van der Waals surface area contributed by atoms with Gasteiger partial charge in [-0.1, -0.05) is 0 Å². The highest BCUT2D eigenvalue weighted by molar-refractivity contribution is 5.92. The molecule has 1 amide bonds. The summed E-state index contributed by atoms with van der Waals surface area (Å²) < 4.78 is 1.81. The Morgan fingerprint density at radius 3 is 2.83 bits per heavy atom. The van der Waals surface area contributed by atoms with E-state index in [9.17, 15) is 9.59 Å². The van der Waals surface area contributed by atoms with Crippen LogP contribution < -0.4 is 5.32 Å². The first-order chi connectivity index (χ1) is 8.54. The fraction of sp³-hybridized carbons (Fsp3) is 0.250. The molecule has 0 radical (unpaired) electrons. The lowest BCUT2D eigenvalue weighted by Crippen LogP contribution is -2.13. The number of hydrogen-bond acceptors (Lipinski definition) is 3. The van der Waals surface area contributed by atoms with Gasteiger partial charge in [0.1, 0.15) is 5.65 Å². The van der Waals surface area contributed by atoms with Crippen LogP contribution in [-0.4, -0.2) is 26.4 Å². The molecule has 2 rings (SSSR count). The monoisotopic (exact) mass is 247 g/mol. The molecule has 0 atom stereocenters. The molecule has 6 nitrogen and oxygen atoms in total. The van der Waals surface area contributed by atoms with Crippen molar-refractivity contribution in [3.8, 4) is 0 Å². The Balaban J connectivity index is 2.07. The SMILES string of the molecule is Cc1cn2cc(NC(=O)CCC(=O)O)ccc2n1. The lowest BCUT2D eigenvalue weighted by atomic mass is 10.3. The van der Waals surface area contributed by atoms with Gasteiger partial charge in [0.05, 0.1) is 17.8 Å². The van der Waals surface area contributed by atoms with E-state index in [-0.39, 0.29) is 18.7 Å². The summed E-state index contributed by atoms with van der Waals surface area (Å²) in [6, 6.07) is 3.53. The van der Waals surface area contributed by atoms with Gasteiger partial charge in [-0.05, 0) is 19.1 Å². The number of nitrogens with zero attached hydrogens (tertiary/aromatic N) is 2. The van der Waals surface area contributed by atoms with E-state index in [1.807, 2.05) is 17.5 Å². The average Bonchev–Trinajstić information content (AvgIpc) is 2.66. The van der Waals surface area contributed by atoms with Crippen LogP contribution >= 0.6 is 0 Å². The molecular formula is C12H13N3O3. The molecule has 0 aliphatic carbocycles. The normalized spacial score (nSPS) is 10.5. The Bertz CT molecular complexity index is 604. The molecule has 0 saturated carbocycles. The zero-order chi connectivity index (χ0) is 13.1. The van der Waals surface area contributed by atoms with Crippen LogP contribution in [0.2, 0.25) is 0 Å². The van der Waals surface area contributed by atoms with Crippen molar-refractivity contribution in [2.75, 3.05) is 5.32 Å². The number of carbonyl (C=O) groups excluding carboxylic acids is 1. The number of aliphatic carboxylic acids is 1. The van der Waals surface area contributed by atoms with Gasteiger partial charge in [-0.25, -0.2) is 4.98 Å². The van der Waals surface area contributed by atoms with E-state index in [1.54, 1.807) is 18.3 Å². The quantitative estimate of drug-likeness (QED) is 0.856. The lowest BCUT2D eigenvalue weighted by Gasteiger charge is -2.04. The van der Waals surface area contributed by atoms with Crippen LogP contribution in [0.25, 0.3) is 5.65 Å². The summed E-state index contributed by atoms with van der Waals surface area (Å²) in [5.74, 6) is -1.29. The van der Waals surface area contributed by atoms with Crippen LogP contribution in [0.5, 0.6) is 0 Å². The molecule has 0 aromatic carbocycles. The smallest absolute Gasteiger partial charge is 0.303 e. The van der Waals surface area contributed by atoms with Gasteiger partial charge in [0.2, 0.25) is 5.91 Å². The van der Waals surface area contributed by atoms with Gasteiger partial charge in [0.25, 0.3) is 0 Å². The van der Waals surface area contributed by atoms with Gasteiger partial charge in [-0.15, -0.1) is 0 Å². The van der Waals surface area contributed by atoms with E-state index < -0.39 is 5.97 Å². The molecule has 0 aliphatic rings. The third kappa shape index (κ3) is 2.85. The molecular weight excluding hydrogens is 234 g/mol. The van der Waals surface area contributed by atoms with Gasteiger partial charge in [0, 0.05) is 18.8 Å². The zero-order valence-corrected chi connectivity index (χ0v) is 9.88. The van der Waals surface area contributed by atoms with Crippen LogP contribution in [0.1, 0.15) is 18.5 Å². The summed E-state index contributed by atoms with van der Waals surface area (Å²) in [4.78, 5) is 26.1. The Morgan fingerprint density at radius 1 is 1.33 bits per heavy atom. The van der Waals surface area contributed by atoms with Gasteiger partial charge in [0.15, 0.2) is 0 Å². The van der Waals surface area contributed by atoms with E-state index in [0.29, 0.717) is 5.69 Å². The van der Waals surface area contributed by atoms with E-state index in [4.69, 9.17) is 5.11 Å². The number of carbonyl (C=O) groups is 2. The minimum atomic E-state index is -0.981. The number of aromatic nitrogens is 2. The van der Waals surface area contributed by atoms with Crippen molar-refractivity contribution in [3.05, 3.63) is 30.2 Å². The van der Waals surface area contributed by atoms with Crippen molar-refractivity contribution in [1.29, 1.82) is 0 Å². The van der Waals surface area contributed by atoms with Gasteiger partial charge < -0.3 is 14.8 Å². The first-order valence-electron chi connectivity index (χ1n) is 5.51. The Labute approximate surface area is 103 Å². The van der Waals surface area contributed by atoms with Crippen LogP contribution in [0.4, 0.5) is 5.69 Å². The number of carboxylic acid groups (broad SMARTS) is 1. The highest BCUT2D eigenvalue weighted by atomic mass is 16.4. The second-order valence-electron chi connectivity index (χ2n) is 4.01. The molecule has 0 fully saturated rings. The van der Waals surface area contributed by atoms with Crippen molar-refractivity contribution in [3.63, 3.8) is 0 Å². The molecule has 0 aliphatic heterocycles. The van der Waals surface area contributed by atoms with Crippen molar-refractivity contribution in [1.82, 2.24) is 9.38 Å². The van der Waals surface area contributed by atoms with Gasteiger partial charge in [-0.3, -0.25) is 9.59 Å². The maximum absolute atomic E-state index is 11.5. The summed E-state index contributed by atoms with van der Waals surface area (Å²) in [6.45, 7) is 1.89. The first kappa shape index (κ1) is 12.1. The van der Waals surface area contributed by atoms with Crippen LogP contribution in [0, 0.1) is 6.92 Å². The number of amides is 1. The standard InChI is InChI=1S/C12H13N3O3/c1-8-6-15-7-9(2-3-10(15)13-8)14-11(16)4-5-12(17)18/h2-3,6-7H,4-5H2,1H3,(H,14,16)(H,17,18). The molecule has 0 bridgehead atoms. The average molecular weight is 247 g/mol. The van der Waals surface area contributed by atoms with Crippen molar-refractivity contribution in [2.45, 2.75) is 19.8 Å². The first-order valence-corrected chi connectivity index (χ1v) is 5.51. The minimum absolute atomic E-state index is 0.0314. The number of fused-ring (bicyclic) bond motifs is 1. The third-order valence-electron chi connectivity index (χ3n) is 2.42. The number of imidazole rings is 1. The second-order valence-corrected chi connectivity index (χ2v) is 4.01. The summed E-state index contributed by atoms with van der Waals surface area (Å²) in [6.07, 6.45) is 3.39. The number of hydrogen-bond donors (Lipinski definition) is 2. The largest absolute Gasteiger partial charge is 0.481 e. The van der Waals surface area contributed by atoms with E-state index >= 15 is 0 Å². The highest BCUT2D eigenvalue weighted by Crippen LogP contribution is 2.11. The van der Waals surface area contributed by atoms with Crippen molar-refractivity contribution >= 4 is 23.2 Å². The summed E-state index contributed by atoms with van der Waals surface area (Å²) >= 11 is 0. The van der Waals surface area contributed by atoms with Crippen molar-refractivity contribution < 1.29 is 14.7 Å². The predicted molar refractivity (Wildman–Crippen MR) is 65.4 cm³/mol. The fourth-order valence-corrected chi connectivity index (χ4v) is 1.64. The van der Waals surface area contributed by atoms with Gasteiger partial charge in [-0.2, -0.15) is 0 Å². The minimum Gasteiger partial charge on any atom is -0.481 e. The molecule has 0 saturated heterocycles. The van der Waals surface area contributed by atoms with Gasteiger partial charge >= 0.3 is 5.97 Å². The Morgan fingerprint density at radius 2 is 2.11 bits per heavy atom. The Hall–Kier alpha value is -2.37. The second kappa shape index (κ2) is 4.87. The molecule has 2 aromatic rings.